The lowest BCUT2D eigenvalue weighted by molar-refractivity contribution is 0.763. The Kier molecular flexibility index (Phi) is 3.01. The van der Waals surface area contributed by atoms with Crippen molar-refractivity contribution < 1.29 is 0 Å². The summed E-state index contributed by atoms with van der Waals surface area (Å²) >= 11 is 3.40. The second-order valence-electron chi connectivity index (χ2n) is 4.35. The molecule has 7 nitrogen and oxygen atoms in total. The molecule has 0 fully saturated rings. The van der Waals surface area contributed by atoms with E-state index in [0.29, 0.717) is 22.1 Å². The first-order valence-electron chi connectivity index (χ1n) is 5.93. The van der Waals surface area contributed by atoms with Crippen LogP contribution in [-0.4, -0.2) is 29.5 Å². The number of nitrogens with two attached hydrogens (primary N) is 1. The van der Waals surface area contributed by atoms with Crippen LogP contribution in [0, 0.1) is 13.8 Å². The third kappa shape index (κ3) is 2.18. The van der Waals surface area contributed by atoms with Crippen LogP contribution >= 0.6 is 15.9 Å². The maximum atomic E-state index is 5.93. The van der Waals surface area contributed by atoms with E-state index in [4.69, 9.17) is 5.73 Å². The van der Waals surface area contributed by atoms with Crippen LogP contribution in [0.3, 0.4) is 0 Å². The number of nitrogens with zero attached hydrogens (tertiary/aromatic N) is 6. The van der Waals surface area contributed by atoms with E-state index in [1.165, 1.54) is 0 Å². The van der Waals surface area contributed by atoms with Crippen LogP contribution < -0.4 is 5.73 Å². The first-order valence-corrected chi connectivity index (χ1v) is 6.72. The summed E-state index contributed by atoms with van der Waals surface area (Å²) in [5.74, 6) is 1.32. The smallest absolute Gasteiger partial charge is 0.254 e. The van der Waals surface area contributed by atoms with Crippen LogP contribution in [0.5, 0.6) is 0 Å². The van der Waals surface area contributed by atoms with E-state index in [1.807, 2.05) is 32.2 Å². The Balaban J connectivity index is 2.17. The lowest BCUT2D eigenvalue weighted by Crippen LogP contribution is -2.10. The van der Waals surface area contributed by atoms with Gasteiger partial charge in [-0.2, -0.15) is 20.2 Å². The van der Waals surface area contributed by atoms with Crippen molar-refractivity contribution in [1.29, 1.82) is 0 Å². The third-order valence-electron chi connectivity index (χ3n) is 2.71. The number of anilines is 1. The van der Waals surface area contributed by atoms with E-state index in [9.17, 15) is 0 Å². The Morgan fingerprint density at radius 1 is 1.00 bits per heavy atom. The van der Waals surface area contributed by atoms with Crippen molar-refractivity contribution in [2.45, 2.75) is 13.8 Å². The zero-order valence-corrected chi connectivity index (χ0v) is 12.5. The molecule has 0 radical (unpaired) electrons. The molecule has 20 heavy (non-hydrogen) atoms. The van der Waals surface area contributed by atoms with E-state index in [2.05, 4.69) is 36.1 Å². The predicted molar refractivity (Wildman–Crippen MR) is 77.9 cm³/mol. The van der Waals surface area contributed by atoms with Gasteiger partial charge in [0, 0.05) is 12.4 Å². The van der Waals surface area contributed by atoms with Crippen LogP contribution in [0.25, 0.3) is 11.8 Å². The van der Waals surface area contributed by atoms with Gasteiger partial charge in [-0.3, -0.25) is 0 Å². The van der Waals surface area contributed by atoms with Crippen molar-refractivity contribution in [2.75, 3.05) is 5.73 Å². The van der Waals surface area contributed by atoms with Gasteiger partial charge in [0.15, 0.2) is 5.82 Å². The number of nitrogen functional groups attached to an aromatic ring is 1. The Morgan fingerprint density at radius 2 is 1.60 bits per heavy atom. The molecule has 102 valence electrons. The molecule has 0 atom stereocenters. The summed E-state index contributed by atoms with van der Waals surface area (Å²) in [6, 6.07) is 3.77. The van der Waals surface area contributed by atoms with Gasteiger partial charge < -0.3 is 5.73 Å². The van der Waals surface area contributed by atoms with Gasteiger partial charge in [-0.25, -0.2) is 9.36 Å². The standard InChI is InChI=1S/C12H12BrN7/c1-7-3-5-19(17-7)11-9(13)10(14)15-12(16-11)20-6-4-8(2)18-20/h3-6H,1-2H3,(H2,14,15,16). The van der Waals surface area contributed by atoms with Crippen LogP contribution in [0.2, 0.25) is 0 Å². The van der Waals surface area contributed by atoms with Gasteiger partial charge in [-0.15, -0.1) is 0 Å². The van der Waals surface area contributed by atoms with Crippen molar-refractivity contribution in [2.24, 2.45) is 0 Å². The highest BCUT2D eigenvalue weighted by atomic mass is 79.9. The number of aromatic nitrogens is 6. The first kappa shape index (κ1) is 12.8. The van der Waals surface area contributed by atoms with E-state index < -0.39 is 0 Å². The third-order valence-corrected chi connectivity index (χ3v) is 3.48. The number of hydrogen-bond acceptors (Lipinski definition) is 5. The van der Waals surface area contributed by atoms with Crippen molar-refractivity contribution in [3.63, 3.8) is 0 Å². The maximum Gasteiger partial charge on any atom is 0.254 e. The fourth-order valence-corrected chi connectivity index (χ4v) is 2.11. The number of halogens is 1. The van der Waals surface area contributed by atoms with Crippen molar-refractivity contribution >= 4 is 21.7 Å². The highest BCUT2D eigenvalue weighted by Gasteiger charge is 2.14. The van der Waals surface area contributed by atoms with Gasteiger partial charge in [-0.05, 0) is 41.9 Å². The van der Waals surface area contributed by atoms with Gasteiger partial charge in [0.2, 0.25) is 0 Å². The van der Waals surface area contributed by atoms with Crippen LogP contribution in [0.1, 0.15) is 11.4 Å². The summed E-state index contributed by atoms with van der Waals surface area (Å²) in [4.78, 5) is 8.69. The fraction of sp³-hybridized carbons (Fsp3) is 0.167. The van der Waals surface area contributed by atoms with Crippen LogP contribution in [0.15, 0.2) is 29.0 Å². The average molecular weight is 334 g/mol. The van der Waals surface area contributed by atoms with Gasteiger partial charge in [0.1, 0.15) is 10.3 Å². The highest BCUT2D eigenvalue weighted by Crippen LogP contribution is 2.24. The van der Waals surface area contributed by atoms with Crippen LogP contribution in [0.4, 0.5) is 5.82 Å². The van der Waals surface area contributed by atoms with Gasteiger partial charge in [-0.1, -0.05) is 0 Å². The van der Waals surface area contributed by atoms with Crippen LogP contribution in [-0.2, 0) is 0 Å². The number of hydrogen-bond donors (Lipinski definition) is 1. The van der Waals surface area contributed by atoms with Crippen molar-refractivity contribution in [3.05, 3.63) is 40.4 Å². The maximum absolute atomic E-state index is 5.93. The van der Waals surface area contributed by atoms with Gasteiger partial charge >= 0.3 is 0 Å². The Morgan fingerprint density at radius 3 is 2.15 bits per heavy atom. The minimum absolute atomic E-state index is 0.339. The van der Waals surface area contributed by atoms with E-state index >= 15 is 0 Å². The van der Waals surface area contributed by atoms with Crippen molar-refractivity contribution in [1.82, 2.24) is 29.5 Å². The molecule has 0 aliphatic rings. The SMILES string of the molecule is Cc1ccn(-c2nc(N)c(Br)c(-n3ccc(C)n3)n2)n1. The van der Waals surface area contributed by atoms with Crippen molar-refractivity contribution in [3.8, 4) is 11.8 Å². The molecule has 3 rings (SSSR count). The zero-order valence-electron chi connectivity index (χ0n) is 10.9. The molecular formula is C12H12BrN7. The summed E-state index contributed by atoms with van der Waals surface area (Å²) in [6.45, 7) is 3.81. The quantitative estimate of drug-likeness (QED) is 0.772. The molecule has 0 unspecified atom stereocenters. The molecule has 0 spiro atoms. The molecule has 2 N–H and O–H groups in total. The molecule has 0 aromatic carbocycles. The normalized spacial score (nSPS) is 10.9. The monoisotopic (exact) mass is 333 g/mol. The molecule has 0 bridgehead atoms. The number of aryl methyl sites for hydroxylation is 2. The molecule has 0 aliphatic heterocycles. The molecule has 3 heterocycles. The molecule has 0 saturated carbocycles. The Labute approximate surface area is 123 Å². The zero-order chi connectivity index (χ0) is 14.3. The molecule has 0 aliphatic carbocycles. The van der Waals surface area contributed by atoms with Gasteiger partial charge in [0.25, 0.3) is 5.95 Å². The lowest BCUT2D eigenvalue weighted by atomic mass is 10.5. The summed E-state index contributed by atoms with van der Waals surface area (Å²) in [6.07, 6.45) is 3.61. The average Bonchev–Trinajstić information content (AvgIpc) is 3.01. The molecule has 3 aromatic rings. The number of rotatable bonds is 2. The van der Waals surface area contributed by atoms with E-state index in [-0.39, 0.29) is 0 Å². The predicted octanol–water partition coefficient (Wildman–Crippen LogP) is 1.81. The van der Waals surface area contributed by atoms with E-state index in [0.717, 1.165) is 11.4 Å². The Bertz CT molecular complexity index is 774. The minimum atomic E-state index is 0.339. The summed E-state index contributed by atoms with van der Waals surface area (Å²) < 4.78 is 3.84. The summed E-state index contributed by atoms with van der Waals surface area (Å²) in [7, 11) is 0. The first-order chi connectivity index (χ1) is 9.54. The second-order valence-corrected chi connectivity index (χ2v) is 5.14. The minimum Gasteiger partial charge on any atom is -0.383 e. The fourth-order valence-electron chi connectivity index (χ4n) is 1.75. The summed E-state index contributed by atoms with van der Waals surface area (Å²) in [5.41, 5.74) is 7.70. The molecule has 8 heteroatoms. The van der Waals surface area contributed by atoms with Gasteiger partial charge in [0.05, 0.1) is 11.4 Å². The topological polar surface area (TPSA) is 87.4 Å². The Hall–Kier alpha value is -2.22. The van der Waals surface area contributed by atoms with E-state index in [1.54, 1.807) is 15.6 Å². The molecule has 0 saturated heterocycles. The molecular weight excluding hydrogens is 322 g/mol. The highest BCUT2D eigenvalue weighted by molar-refractivity contribution is 9.10. The second kappa shape index (κ2) is 4.71. The largest absolute Gasteiger partial charge is 0.383 e. The summed E-state index contributed by atoms with van der Waals surface area (Å²) in [5, 5.41) is 8.62. The molecule has 3 aromatic heterocycles. The molecule has 0 amide bonds. The lowest BCUT2D eigenvalue weighted by Gasteiger charge is -2.08.